The van der Waals surface area contributed by atoms with E-state index in [1.165, 1.54) is 36.0 Å². The maximum Gasteiger partial charge on any atom is 0.267 e. The van der Waals surface area contributed by atoms with E-state index in [0.29, 0.717) is 46.3 Å². The molecule has 0 radical (unpaired) electrons. The van der Waals surface area contributed by atoms with Gasteiger partial charge in [0.25, 0.3) is 10.0 Å². The van der Waals surface area contributed by atoms with Crippen LogP contribution in [0.3, 0.4) is 0 Å². The van der Waals surface area contributed by atoms with Crippen LogP contribution in [0, 0.1) is 34.7 Å². The van der Waals surface area contributed by atoms with E-state index in [2.05, 4.69) is 15.2 Å². The first kappa shape index (κ1) is 31.5. The Bertz CT molecular complexity index is 2110. The van der Waals surface area contributed by atoms with Crippen LogP contribution in [-0.4, -0.2) is 62.4 Å². The topological polar surface area (TPSA) is 134 Å². The van der Waals surface area contributed by atoms with Gasteiger partial charge in [-0.25, -0.2) is 45.0 Å². The molecule has 4 fully saturated rings. The van der Waals surface area contributed by atoms with Gasteiger partial charge < -0.3 is 10.2 Å². The summed E-state index contributed by atoms with van der Waals surface area (Å²) >= 11 is 1.36. The van der Waals surface area contributed by atoms with E-state index in [4.69, 9.17) is 9.97 Å². The van der Waals surface area contributed by atoms with Gasteiger partial charge in [0.05, 0.1) is 33.5 Å². The van der Waals surface area contributed by atoms with E-state index in [1.807, 2.05) is 4.72 Å². The van der Waals surface area contributed by atoms with Gasteiger partial charge in [0.1, 0.15) is 11.6 Å². The number of fused-ring (bicyclic) bond motifs is 2. The van der Waals surface area contributed by atoms with E-state index >= 15 is 4.39 Å². The molecule has 2 N–H and O–H groups in total. The molecular formula is C32H31F3N6O4S3. The second kappa shape index (κ2) is 11.4. The van der Waals surface area contributed by atoms with Crippen molar-refractivity contribution in [1.82, 2.24) is 15.0 Å². The smallest absolute Gasteiger partial charge is 0.267 e. The van der Waals surface area contributed by atoms with Crippen LogP contribution >= 0.6 is 11.3 Å². The summed E-state index contributed by atoms with van der Waals surface area (Å²) in [6.07, 6.45) is 6.48. The minimum atomic E-state index is -4.83. The zero-order valence-corrected chi connectivity index (χ0v) is 27.9. The molecule has 1 spiro atoms. The summed E-state index contributed by atoms with van der Waals surface area (Å²) in [5.74, 6) is -1.69. The molecule has 2 aromatic carbocycles. The van der Waals surface area contributed by atoms with Gasteiger partial charge >= 0.3 is 0 Å². The van der Waals surface area contributed by atoms with E-state index in [1.54, 1.807) is 12.3 Å². The highest BCUT2D eigenvalue weighted by Crippen LogP contribution is 2.51. The molecule has 2 aromatic heterocycles. The highest BCUT2D eigenvalue weighted by Gasteiger charge is 2.56. The van der Waals surface area contributed by atoms with E-state index in [9.17, 15) is 25.6 Å². The molecule has 4 aliphatic rings. The Kier molecular flexibility index (Phi) is 7.49. The van der Waals surface area contributed by atoms with Crippen molar-refractivity contribution in [3.63, 3.8) is 0 Å². The fourth-order valence-electron chi connectivity index (χ4n) is 7.84. The molecule has 4 heterocycles. The molecule has 2 aliphatic carbocycles. The van der Waals surface area contributed by atoms with Gasteiger partial charge in [-0.2, -0.15) is 0 Å². The molecule has 10 nitrogen and oxygen atoms in total. The summed E-state index contributed by atoms with van der Waals surface area (Å²) in [5.41, 5.74) is 0.0560. The van der Waals surface area contributed by atoms with Crippen LogP contribution in [0.4, 0.5) is 29.9 Å². The maximum absolute atomic E-state index is 16.3. The predicted molar refractivity (Wildman–Crippen MR) is 176 cm³/mol. The van der Waals surface area contributed by atoms with Crippen molar-refractivity contribution in [2.75, 3.05) is 39.5 Å². The van der Waals surface area contributed by atoms with E-state index < -0.39 is 47.9 Å². The van der Waals surface area contributed by atoms with Gasteiger partial charge in [0.2, 0.25) is 5.95 Å². The van der Waals surface area contributed by atoms with Gasteiger partial charge in [-0.15, -0.1) is 0 Å². The van der Waals surface area contributed by atoms with Crippen molar-refractivity contribution in [1.29, 1.82) is 0 Å². The lowest BCUT2D eigenvalue weighted by Crippen LogP contribution is -2.60. The van der Waals surface area contributed by atoms with Crippen LogP contribution in [0.2, 0.25) is 0 Å². The number of halogens is 3. The largest absolute Gasteiger partial charge is 0.351 e. The number of nitrogens with zero attached hydrogens (tertiary/aromatic N) is 4. The summed E-state index contributed by atoms with van der Waals surface area (Å²) in [6, 6.07) is 8.47. The van der Waals surface area contributed by atoms with Crippen LogP contribution in [0.1, 0.15) is 32.1 Å². The third-order valence-electron chi connectivity index (χ3n) is 9.81. The molecule has 2 unspecified atom stereocenters. The fourth-order valence-corrected chi connectivity index (χ4v) is 12.4. The molecule has 0 amide bonds. The molecule has 4 aromatic rings. The quantitative estimate of drug-likeness (QED) is 0.235. The lowest BCUT2D eigenvalue weighted by atomic mass is 9.67. The minimum Gasteiger partial charge on any atom is -0.351 e. The van der Waals surface area contributed by atoms with E-state index in [-0.39, 0.29) is 34.2 Å². The number of sulfone groups is 1. The first-order valence-electron chi connectivity index (χ1n) is 15.7. The average Bonchev–Trinajstić information content (AvgIpc) is 3.59. The molecule has 2 saturated carbocycles. The van der Waals surface area contributed by atoms with Crippen LogP contribution < -0.4 is 14.9 Å². The molecule has 2 bridgehead atoms. The number of thiazole rings is 1. The molecule has 8 rings (SSSR count). The number of hydrogen-bond acceptors (Lipinski definition) is 10. The van der Waals surface area contributed by atoms with Crippen molar-refractivity contribution in [2.45, 2.75) is 43.0 Å². The third kappa shape index (κ3) is 5.70. The lowest BCUT2D eigenvalue weighted by Gasteiger charge is -2.53. The van der Waals surface area contributed by atoms with Crippen molar-refractivity contribution < 1.29 is 30.0 Å². The second-order valence-electron chi connectivity index (χ2n) is 13.5. The van der Waals surface area contributed by atoms with Gasteiger partial charge in [-0.1, -0.05) is 23.5 Å². The number of benzene rings is 2. The summed E-state index contributed by atoms with van der Waals surface area (Å²) in [6.45, 7) is 1.66. The molecule has 252 valence electrons. The number of nitrogens with one attached hydrogen (secondary N) is 2. The number of piperidine rings is 1. The number of aromatic nitrogens is 3. The van der Waals surface area contributed by atoms with Crippen molar-refractivity contribution in [3.05, 3.63) is 66.1 Å². The predicted octanol–water partition coefficient (Wildman–Crippen LogP) is 5.71. The van der Waals surface area contributed by atoms with Crippen LogP contribution in [0.15, 0.2) is 53.6 Å². The Balaban J connectivity index is 1.14. The van der Waals surface area contributed by atoms with Gasteiger partial charge in [0.15, 0.2) is 25.7 Å². The monoisotopic (exact) mass is 716 g/mol. The molecule has 16 heteroatoms. The molecular weight excluding hydrogens is 686 g/mol. The first-order chi connectivity index (χ1) is 22.9. The highest BCUT2D eigenvalue weighted by atomic mass is 32.2. The summed E-state index contributed by atoms with van der Waals surface area (Å²) in [5, 5.41) is 3.99. The second-order valence-corrected chi connectivity index (χ2v) is 18.2. The molecule has 48 heavy (non-hydrogen) atoms. The fraction of sp³-hybridized carbons (Fsp3) is 0.406. The normalized spacial score (nSPS) is 22.7. The standard InChI is InChI=1S/C32H31F3N6O4S3/c33-22-4-2-5-23(34)29(22)48(44,45)40-24-6-1-3-21(26(24)35)27-28(46-31(39-27)41-14-18-7-8-19(11-18)15-41)25-9-10-36-30(38-25)37-20-12-32(13-20)16-47(42,43)17-32/h1-6,9-10,18-20,40H,7-8,11-17H2,(H,36,37,38). The lowest BCUT2D eigenvalue weighted by molar-refractivity contribution is 0.153. The molecule has 2 atom stereocenters. The van der Waals surface area contributed by atoms with E-state index in [0.717, 1.165) is 44.1 Å². The van der Waals surface area contributed by atoms with Gasteiger partial charge in [0, 0.05) is 36.3 Å². The SMILES string of the molecule is O=S1(=O)CC2(CC(Nc3nccc(-c4sc(N5CC6CCC(C6)C5)nc4-c4cccc(NS(=O)(=O)c5c(F)cccc5F)c4F)n3)C2)C1. The Morgan fingerprint density at radius 3 is 2.31 bits per heavy atom. The summed E-state index contributed by atoms with van der Waals surface area (Å²) in [7, 11) is -7.77. The minimum absolute atomic E-state index is 0.0121. The summed E-state index contributed by atoms with van der Waals surface area (Å²) < 4.78 is 96.6. The van der Waals surface area contributed by atoms with Crippen molar-refractivity contribution >= 4 is 48.0 Å². The Morgan fingerprint density at radius 1 is 0.938 bits per heavy atom. The number of anilines is 3. The zero-order chi connectivity index (χ0) is 33.4. The Labute approximate surface area is 279 Å². The maximum atomic E-state index is 16.3. The summed E-state index contributed by atoms with van der Waals surface area (Å²) in [4.78, 5) is 15.6. The van der Waals surface area contributed by atoms with Gasteiger partial charge in [-0.3, -0.25) is 4.72 Å². The Morgan fingerprint density at radius 2 is 1.62 bits per heavy atom. The first-order valence-corrected chi connectivity index (χ1v) is 19.8. The average molecular weight is 717 g/mol. The van der Waals surface area contributed by atoms with Crippen LogP contribution in [0.5, 0.6) is 0 Å². The van der Waals surface area contributed by atoms with Crippen molar-refractivity contribution in [3.8, 4) is 21.8 Å². The Hall–Kier alpha value is -3.76. The highest BCUT2D eigenvalue weighted by molar-refractivity contribution is 7.93. The van der Waals surface area contributed by atoms with Crippen molar-refractivity contribution in [2.24, 2.45) is 17.3 Å². The number of hydrogen-bond donors (Lipinski definition) is 2. The molecule has 2 saturated heterocycles. The zero-order valence-electron chi connectivity index (χ0n) is 25.5. The van der Waals surface area contributed by atoms with Crippen LogP contribution in [0.25, 0.3) is 21.8 Å². The third-order valence-corrected chi connectivity index (χ3v) is 14.5. The van der Waals surface area contributed by atoms with Gasteiger partial charge in [-0.05, 0) is 74.3 Å². The molecule has 2 aliphatic heterocycles. The number of rotatable bonds is 8. The number of sulfonamides is 1. The van der Waals surface area contributed by atoms with Crippen LogP contribution in [-0.2, 0) is 19.9 Å².